The number of carbonyl (C=O) groups excluding carboxylic acids is 1. The van der Waals surface area contributed by atoms with Gasteiger partial charge in [0.15, 0.2) is 12.4 Å². The number of hydrogen-bond donors (Lipinski definition) is 2. The quantitative estimate of drug-likeness (QED) is 0.489. The first-order chi connectivity index (χ1) is 13.5. The molecule has 0 bridgehead atoms. The first kappa shape index (κ1) is 18.8. The molecular formula is C19H19ClN4O3S. The van der Waals surface area contributed by atoms with Crippen LogP contribution in [0.2, 0.25) is 5.02 Å². The Labute approximate surface area is 170 Å². The van der Waals surface area contributed by atoms with Gasteiger partial charge in [-0.1, -0.05) is 11.6 Å². The van der Waals surface area contributed by atoms with E-state index in [1.165, 1.54) is 36.1 Å². The zero-order valence-electron chi connectivity index (χ0n) is 15.3. The summed E-state index contributed by atoms with van der Waals surface area (Å²) < 4.78 is 10.6. The molecule has 4 rings (SSSR count). The van der Waals surface area contributed by atoms with Crippen LogP contribution in [0, 0.1) is 0 Å². The minimum atomic E-state index is -0.605. The van der Waals surface area contributed by atoms with Gasteiger partial charge in [0, 0.05) is 10.9 Å². The molecule has 0 radical (unpaired) electrons. The molecule has 0 saturated heterocycles. The first-order valence-electron chi connectivity index (χ1n) is 8.84. The Hall–Kier alpha value is -2.58. The lowest BCUT2D eigenvalue weighted by Gasteiger charge is -2.11. The van der Waals surface area contributed by atoms with Crippen LogP contribution in [0.3, 0.4) is 0 Å². The number of hydrogen-bond acceptors (Lipinski definition) is 8. The molecule has 9 heteroatoms. The van der Waals surface area contributed by atoms with Gasteiger partial charge in [0.05, 0.1) is 23.2 Å². The third-order valence-electron chi connectivity index (χ3n) is 4.76. The minimum Gasteiger partial charge on any atom is -0.496 e. The van der Waals surface area contributed by atoms with E-state index in [0.29, 0.717) is 17.3 Å². The first-order valence-corrected chi connectivity index (χ1v) is 10.0. The number of esters is 1. The molecule has 0 spiro atoms. The second-order valence-corrected chi connectivity index (χ2v) is 8.06. The van der Waals surface area contributed by atoms with E-state index in [9.17, 15) is 4.79 Å². The lowest BCUT2D eigenvalue weighted by Crippen LogP contribution is -2.10. The summed E-state index contributed by atoms with van der Waals surface area (Å²) in [5, 5.41) is 1.19. The number of thiophene rings is 1. The fourth-order valence-electron chi connectivity index (χ4n) is 3.40. The van der Waals surface area contributed by atoms with Crippen molar-refractivity contribution in [3.8, 4) is 5.75 Å². The third-order valence-corrected chi connectivity index (χ3v) is 6.27. The van der Waals surface area contributed by atoms with Crippen LogP contribution in [-0.4, -0.2) is 23.0 Å². The van der Waals surface area contributed by atoms with Gasteiger partial charge in [-0.2, -0.15) is 0 Å². The number of methoxy groups -OCH3 is 1. The second kappa shape index (κ2) is 7.44. The lowest BCUT2D eigenvalue weighted by molar-refractivity contribution is 0.0459. The fraction of sp³-hybridized carbons (Fsp3) is 0.316. The number of nitrogen functional groups attached to an aromatic ring is 2. The van der Waals surface area contributed by atoms with Gasteiger partial charge in [0.1, 0.15) is 22.0 Å². The molecule has 0 saturated carbocycles. The standard InChI is InChI=1S/C19H19ClN4O3S/c1-26-13-7-12(21)11(20)6-10(13)19(25)27-8-15-23-17(22)16-9-4-2-3-5-14(9)28-18(16)24-15/h6-7H,2-5,8,21H2,1H3,(H2,22,23,24). The lowest BCUT2D eigenvalue weighted by atomic mass is 9.97. The number of rotatable bonds is 4. The maximum atomic E-state index is 12.5. The topological polar surface area (TPSA) is 113 Å². The van der Waals surface area contributed by atoms with Crippen molar-refractivity contribution < 1.29 is 14.3 Å². The van der Waals surface area contributed by atoms with Gasteiger partial charge in [-0.3, -0.25) is 0 Å². The highest BCUT2D eigenvalue weighted by atomic mass is 35.5. The highest BCUT2D eigenvalue weighted by Gasteiger charge is 2.21. The van der Waals surface area contributed by atoms with Crippen LogP contribution in [0.5, 0.6) is 5.75 Å². The van der Waals surface area contributed by atoms with Gasteiger partial charge in [-0.25, -0.2) is 14.8 Å². The molecule has 0 amide bonds. The SMILES string of the molecule is COc1cc(N)c(Cl)cc1C(=O)OCc1nc(N)c2c3c(sc2n1)CCCC3. The van der Waals surface area contributed by atoms with Crippen molar-refractivity contribution in [2.75, 3.05) is 18.6 Å². The molecule has 1 aromatic carbocycles. The van der Waals surface area contributed by atoms with Gasteiger partial charge in [-0.15, -0.1) is 11.3 Å². The van der Waals surface area contributed by atoms with Crippen molar-refractivity contribution in [1.29, 1.82) is 0 Å². The molecular weight excluding hydrogens is 400 g/mol. The third kappa shape index (κ3) is 3.33. The van der Waals surface area contributed by atoms with Crippen molar-refractivity contribution in [2.45, 2.75) is 32.3 Å². The molecule has 28 heavy (non-hydrogen) atoms. The van der Waals surface area contributed by atoms with Gasteiger partial charge in [-0.05, 0) is 37.3 Å². The van der Waals surface area contributed by atoms with Crippen LogP contribution in [0.15, 0.2) is 12.1 Å². The molecule has 2 aromatic heterocycles. The average molecular weight is 419 g/mol. The number of benzene rings is 1. The summed E-state index contributed by atoms with van der Waals surface area (Å²) in [6.45, 7) is -0.104. The molecule has 0 unspecified atom stereocenters. The number of nitrogens with two attached hydrogens (primary N) is 2. The van der Waals surface area contributed by atoms with E-state index in [4.69, 9.17) is 32.5 Å². The number of aryl methyl sites for hydroxylation is 2. The van der Waals surface area contributed by atoms with E-state index >= 15 is 0 Å². The number of ether oxygens (including phenoxy) is 2. The molecule has 3 aromatic rings. The van der Waals surface area contributed by atoms with Crippen LogP contribution in [0.1, 0.15) is 39.5 Å². The van der Waals surface area contributed by atoms with Crippen LogP contribution < -0.4 is 16.2 Å². The van der Waals surface area contributed by atoms with Gasteiger partial charge < -0.3 is 20.9 Å². The Bertz CT molecular complexity index is 1080. The molecule has 2 heterocycles. The summed E-state index contributed by atoms with van der Waals surface area (Å²) >= 11 is 7.66. The molecule has 0 fully saturated rings. The number of aromatic nitrogens is 2. The zero-order chi connectivity index (χ0) is 19.8. The van der Waals surface area contributed by atoms with Crippen LogP contribution >= 0.6 is 22.9 Å². The largest absolute Gasteiger partial charge is 0.496 e. The molecule has 146 valence electrons. The Morgan fingerprint density at radius 3 is 2.82 bits per heavy atom. The Balaban J connectivity index is 1.58. The monoisotopic (exact) mass is 418 g/mol. The molecule has 1 aliphatic rings. The summed E-state index contributed by atoms with van der Waals surface area (Å²) in [6, 6.07) is 2.90. The smallest absolute Gasteiger partial charge is 0.342 e. The highest BCUT2D eigenvalue weighted by molar-refractivity contribution is 7.19. The number of nitrogens with zero attached hydrogens (tertiary/aromatic N) is 2. The van der Waals surface area contributed by atoms with Crippen LogP contribution in [0.4, 0.5) is 11.5 Å². The minimum absolute atomic E-state index is 0.104. The van der Waals surface area contributed by atoms with E-state index < -0.39 is 5.97 Å². The maximum Gasteiger partial charge on any atom is 0.342 e. The number of anilines is 2. The van der Waals surface area contributed by atoms with Crippen molar-refractivity contribution in [3.05, 3.63) is 39.0 Å². The number of halogens is 1. The predicted octanol–water partition coefficient (Wildman–Crippen LogP) is 3.75. The molecule has 7 nitrogen and oxygen atoms in total. The van der Waals surface area contributed by atoms with E-state index in [-0.39, 0.29) is 22.9 Å². The fourth-order valence-corrected chi connectivity index (χ4v) is 4.85. The van der Waals surface area contributed by atoms with Gasteiger partial charge in [0.25, 0.3) is 0 Å². The Morgan fingerprint density at radius 1 is 1.25 bits per heavy atom. The van der Waals surface area contributed by atoms with E-state index in [0.717, 1.165) is 29.5 Å². The summed E-state index contributed by atoms with van der Waals surface area (Å²) in [5.41, 5.74) is 13.7. The highest BCUT2D eigenvalue weighted by Crippen LogP contribution is 2.37. The zero-order valence-corrected chi connectivity index (χ0v) is 16.8. The molecule has 0 aliphatic heterocycles. The molecule has 1 aliphatic carbocycles. The number of fused-ring (bicyclic) bond motifs is 3. The predicted molar refractivity (Wildman–Crippen MR) is 110 cm³/mol. The molecule has 4 N–H and O–H groups in total. The van der Waals surface area contributed by atoms with Crippen molar-refractivity contribution in [2.24, 2.45) is 0 Å². The summed E-state index contributed by atoms with van der Waals surface area (Å²) in [5.74, 6) is 0.473. The molecule has 0 atom stereocenters. The summed E-state index contributed by atoms with van der Waals surface area (Å²) in [7, 11) is 1.44. The Morgan fingerprint density at radius 2 is 2.04 bits per heavy atom. The summed E-state index contributed by atoms with van der Waals surface area (Å²) in [4.78, 5) is 23.6. The van der Waals surface area contributed by atoms with Crippen molar-refractivity contribution >= 4 is 50.6 Å². The second-order valence-electron chi connectivity index (χ2n) is 6.57. The summed E-state index contributed by atoms with van der Waals surface area (Å²) in [6.07, 6.45) is 4.40. The van der Waals surface area contributed by atoms with Gasteiger partial charge in [0.2, 0.25) is 0 Å². The average Bonchev–Trinajstić information content (AvgIpc) is 3.06. The van der Waals surface area contributed by atoms with E-state index in [1.54, 1.807) is 11.3 Å². The van der Waals surface area contributed by atoms with Crippen LogP contribution in [0.25, 0.3) is 10.2 Å². The van der Waals surface area contributed by atoms with E-state index in [1.807, 2.05) is 0 Å². The van der Waals surface area contributed by atoms with Crippen LogP contribution in [-0.2, 0) is 24.2 Å². The number of carbonyl (C=O) groups is 1. The van der Waals surface area contributed by atoms with Gasteiger partial charge >= 0.3 is 5.97 Å². The maximum absolute atomic E-state index is 12.5. The van der Waals surface area contributed by atoms with E-state index in [2.05, 4.69) is 9.97 Å². The Kier molecular flexibility index (Phi) is 4.99. The van der Waals surface area contributed by atoms with Crippen molar-refractivity contribution in [3.63, 3.8) is 0 Å². The van der Waals surface area contributed by atoms with Crippen molar-refractivity contribution in [1.82, 2.24) is 9.97 Å². The normalized spacial score (nSPS) is 13.4.